The number of allylic oxidation sites excluding steroid dienone is 3. The zero-order chi connectivity index (χ0) is 26.9. The molecule has 0 heterocycles. The molecule has 0 saturated carbocycles. The van der Waals surface area contributed by atoms with E-state index in [1.807, 2.05) is 20.8 Å². The first-order valence-corrected chi connectivity index (χ1v) is 11.1. The number of carbonyl (C=O) groups excluding carboxylic acids is 2. The zero-order valence-corrected chi connectivity index (χ0v) is 21.6. The predicted molar refractivity (Wildman–Crippen MR) is 127 cm³/mol. The van der Waals surface area contributed by atoms with Crippen molar-refractivity contribution >= 4 is 11.8 Å². The maximum absolute atomic E-state index is 13.4. The lowest BCUT2D eigenvalue weighted by Gasteiger charge is -2.40. The Balaban J connectivity index is 2.48. The molecule has 0 bridgehead atoms. The fourth-order valence-electron chi connectivity index (χ4n) is 4.13. The van der Waals surface area contributed by atoms with Crippen molar-refractivity contribution in [1.29, 1.82) is 0 Å². The molecule has 1 aliphatic rings. The standard InChI is InChI=1S/C27H33F3O5/c1-15-22(24(32)35-25(3,4)5)16(2)26(6,7)18(23(15)34-9)11-12-20(31)17-10-13-21(33-8)19(14-17)27(28,29)30/h10-14,18H,1-9H3. The molecule has 0 amide bonds. The Morgan fingerprint density at radius 2 is 1.63 bits per heavy atom. The van der Waals surface area contributed by atoms with E-state index in [-0.39, 0.29) is 11.3 Å². The minimum Gasteiger partial charge on any atom is -0.500 e. The Hall–Kier alpha value is -3.03. The summed E-state index contributed by atoms with van der Waals surface area (Å²) in [6.07, 6.45) is -1.82. The van der Waals surface area contributed by atoms with Crippen molar-refractivity contribution in [3.8, 4) is 5.75 Å². The molecule has 0 N–H and O–H groups in total. The summed E-state index contributed by atoms with van der Waals surface area (Å²) in [5.74, 6) is -1.38. The van der Waals surface area contributed by atoms with E-state index in [1.165, 1.54) is 19.3 Å². The Bertz CT molecular complexity index is 1100. The highest BCUT2D eigenvalue weighted by Gasteiger charge is 2.42. The summed E-state index contributed by atoms with van der Waals surface area (Å²) in [6.45, 7) is 12.7. The van der Waals surface area contributed by atoms with Gasteiger partial charge in [0, 0.05) is 17.1 Å². The van der Waals surface area contributed by atoms with Gasteiger partial charge in [0.15, 0.2) is 5.78 Å². The smallest absolute Gasteiger partial charge is 0.419 e. The number of halogens is 3. The number of hydrogen-bond donors (Lipinski definition) is 0. The largest absolute Gasteiger partial charge is 0.500 e. The van der Waals surface area contributed by atoms with Crippen LogP contribution in [-0.2, 0) is 20.4 Å². The SMILES string of the molecule is COC1=C(C)C(C(=O)OC(C)(C)C)=C(C)C(C)(C)C1C=CC(=O)c1ccc(OC)c(C(F)(F)F)c1. The van der Waals surface area contributed by atoms with E-state index >= 15 is 0 Å². The summed E-state index contributed by atoms with van der Waals surface area (Å²) in [7, 11) is 2.61. The van der Waals surface area contributed by atoms with Crippen molar-refractivity contribution in [3.63, 3.8) is 0 Å². The van der Waals surface area contributed by atoms with Gasteiger partial charge in [0.1, 0.15) is 17.1 Å². The van der Waals surface area contributed by atoms with Crippen LogP contribution >= 0.6 is 0 Å². The van der Waals surface area contributed by atoms with Crippen LogP contribution in [0.25, 0.3) is 0 Å². The Labute approximate surface area is 204 Å². The predicted octanol–water partition coefficient (Wildman–Crippen LogP) is 6.69. The molecule has 1 aromatic rings. The van der Waals surface area contributed by atoms with Gasteiger partial charge < -0.3 is 14.2 Å². The average molecular weight is 495 g/mol. The van der Waals surface area contributed by atoms with Gasteiger partial charge in [-0.3, -0.25) is 4.79 Å². The number of alkyl halides is 3. The molecule has 0 spiro atoms. The highest BCUT2D eigenvalue weighted by molar-refractivity contribution is 6.05. The first kappa shape index (κ1) is 28.2. The summed E-state index contributed by atoms with van der Waals surface area (Å²) >= 11 is 0. The minimum atomic E-state index is -4.67. The van der Waals surface area contributed by atoms with E-state index in [0.717, 1.165) is 24.8 Å². The molecular formula is C27H33F3O5. The molecule has 1 atom stereocenters. The molecule has 5 nitrogen and oxygen atoms in total. The molecule has 192 valence electrons. The van der Waals surface area contributed by atoms with Crippen LogP contribution in [0.15, 0.2) is 52.8 Å². The van der Waals surface area contributed by atoms with Crippen molar-refractivity contribution in [2.45, 2.75) is 60.2 Å². The second-order valence-electron chi connectivity index (χ2n) is 10.0. The fourth-order valence-corrected chi connectivity index (χ4v) is 4.13. The molecule has 0 saturated heterocycles. The first-order valence-electron chi connectivity index (χ1n) is 11.1. The monoisotopic (exact) mass is 494 g/mol. The summed E-state index contributed by atoms with van der Waals surface area (Å²) in [5, 5.41) is 0. The fraction of sp³-hybridized carbons (Fsp3) is 0.481. The van der Waals surface area contributed by atoms with Crippen LogP contribution < -0.4 is 4.74 Å². The minimum absolute atomic E-state index is 0.121. The van der Waals surface area contributed by atoms with Crippen LogP contribution in [0.3, 0.4) is 0 Å². The molecule has 35 heavy (non-hydrogen) atoms. The molecular weight excluding hydrogens is 461 g/mol. The molecule has 0 fully saturated rings. The zero-order valence-electron chi connectivity index (χ0n) is 21.6. The van der Waals surface area contributed by atoms with E-state index in [1.54, 1.807) is 33.8 Å². The van der Waals surface area contributed by atoms with Gasteiger partial charge in [0.25, 0.3) is 0 Å². The lowest BCUT2D eigenvalue weighted by atomic mass is 9.66. The van der Waals surface area contributed by atoms with Gasteiger partial charge in [0.2, 0.25) is 0 Å². The number of carbonyl (C=O) groups is 2. The average Bonchev–Trinajstić information content (AvgIpc) is 2.72. The normalized spacial score (nSPS) is 18.7. The van der Waals surface area contributed by atoms with Gasteiger partial charge in [-0.25, -0.2) is 4.79 Å². The van der Waals surface area contributed by atoms with E-state index in [9.17, 15) is 22.8 Å². The molecule has 1 unspecified atom stereocenters. The quantitative estimate of drug-likeness (QED) is 0.251. The summed E-state index contributed by atoms with van der Waals surface area (Å²) < 4.78 is 56.1. The molecule has 8 heteroatoms. The van der Waals surface area contributed by atoms with E-state index in [0.29, 0.717) is 16.9 Å². The third kappa shape index (κ3) is 5.97. The van der Waals surface area contributed by atoms with Gasteiger partial charge in [-0.1, -0.05) is 25.5 Å². The number of methoxy groups -OCH3 is 2. The number of esters is 1. The lowest BCUT2D eigenvalue weighted by Crippen LogP contribution is -2.35. The highest BCUT2D eigenvalue weighted by atomic mass is 19.4. The molecule has 2 rings (SSSR count). The van der Waals surface area contributed by atoms with Gasteiger partial charge in [-0.2, -0.15) is 13.2 Å². The Kier molecular flexibility index (Phi) is 7.99. The first-order chi connectivity index (χ1) is 16.0. The molecule has 0 aromatic heterocycles. The molecule has 0 radical (unpaired) electrons. The van der Waals surface area contributed by atoms with Crippen molar-refractivity contribution in [2.24, 2.45) is 11.3 Å². The summed E-state index contributed by atoms with van der Waals surface area (Å²) in [5.41, 5.74) is -0.706. The van der Waals surface area contributed by atoms with Crippen LogP contribution in [0.4, 0.5) is 13.2 Å². The van der Waals surface area contributed by atoms with Gasteiger partial charge in [-0.15, -0.1) is 0 Å². The van der Waals surface area contributed by atoms with Gasteiger partial charge in [0.05, 0.1) is 25.4 Å². The van der Waals surface area contributed by atoms with Crippen molar-refractivity contribution in [3.05, 3.63) is 64.0 Å². The van der Waals surface area contributed by atoms with Crippen LogP contribution in [0.1, 0.15) is 64.4 Å². The molecule has 0 aliphatic heterocycles. The number of ether oxygens (including phenoxy) is 3. The topological polar surface area (TPSA) is 61.8 Å². The van der Waals surface area contributed by atoms with Gasteiger partial charge >= 0.3 is 12.1 Å². The summed E-state index contributed by atoms with van der Waals surface area (Å²) in [6, 6.07) is 3.19. The third-order valence-corrected chi connectivity index (χ3v) is 6.20. The van der Waals surface area contributed by atoms with Crippen LogP contribution in [0.5, 0.6) is 5.75 Å². The second kappa shape index (κ2) is 9.91. The van der Waals surface area contributed by atoms with E-state index in [4.69, 9.17) is 14.2 Å². The van der Waals surface area contributed by atoms with E-state index in [2.05, 4.69) is 0 Å². The Morgan fingerprint density at radius 3 is 2.11 bits per heavy atom. The van der Waals surface area contributed by atoms with Crippen molar-refractivity contribution < 1.29 is 37.0 Å². The van der Waals surface area contributed by atoms with Crippen LogP contribution in [0, 0.1) is 11.3 Å². The van der Waals surface area contributed by atoms with Crippen LogP contribution in [-0.4, -0.2) is 31.6 Å². The molecule has 1 aliphatic carbocycles. The maximum atomic E-state index is 13.4. The molecule has 1 aromatic carbocycles. The maximum Gasteiger partial charge on any atom is 0.419 e. The summed E-state index contributed by atoms with van der Waals surface area (Å²) in [4.78, 5) is 25.8. The number of ketones is 1. The second-order valence-corrected chi connectivity index (χ2v) is 10.0. The van der Waals surface area contributed by atoms with Crippen LogP contribution in [0.2, 0.25) is 0 Å². The van der Waals surface area contributed by atoms with Crippen molar-refractivity contribution in [1.82, 2.24) is 0 Å². The highest BCUT2D eigenvalue weighted by Crippen LogP contribution is 2.48. The number of benzene rings is 1. The lowest BCUT2D eigenvalue weighted by molar-refractivity contribution is -0.149. The van der Waals surface area contributed by atoms with E-state index < -0.39 is 40.4 Å². The number of hydrogen-bond acceptors (Lipinski definition) is 5. The number of rotatable bonds is 6. The third-order valence-electron chi connectivity index (χ3n) is 6.20. The van der Waals surface area contributed by atoms with Crippen molar-refractivity contribution in [2.75, 3.05) is 14.2 Å². The van der Waals surface area contributed by atoms with Gasteiger partial charge in [-0.05, 0) is 64.3 Å². The Morgan fingerprint density at radius 1 is 1.03 bits per heavy atom.